The Labute approximate surface area is 99.0 Å². The average Bonchev–Trinajstić information content (AvgIpc) is 2.33. The number of pyridine rings is 1. The Kier molecular flexibility index (Phi) is 2.72. The van der Waals surface area contributed by atoms with Crippen molar-refractivity contribution in [2.45, 2.75) is 18.3 Å². The van der Waals surface area contributed by atoms with Crippen LogP contribution in [0.2, 0.25) is 0 Å². The van der Waals surface area contributed by atoms with E-state index in [-0.39, 0.29) is 18.6 Å². The zero-order valence-electron chi connectivity index (χ0n) is 9.69. The van der Waals surface area contributed by atoms with Gasteiger partial charge in [0.15, 0.2) is 0 Å². The van der Waals surface area contributed by atoms with Gasteiger partial charge in [-0.15, -0.1) is 0 Å². The van der Waals surface area contributed by atoms with Gasteiger partial charge in [-0.1, -0.05) is 0 Å². The summed E-state index contributed by atoms with van der Waals surface area (Å²) in [6.45, 7) is 0. The first-order valence-electron chi connectivity index (χ1n) is 5.17. The molecule has 1 aliphatic carbocycles. The lowest BCUT2D eigenvalue weighted by Crippen LogP contribution is -2.41. The molecule has 2 rings (SSSR count). The molecule has 0 amide bonds. The lowest BCUT2D eigenvalue weighted by molar-refractivity contribution is -0.126. The lowest BCUT2D eigenvalue weighted by atomic mass is 9.64. The molecule has 0 aliphatic heterocycles. The largest absolute Gasteiger partial charge is 0.496 e. The lowest BCUT2D eigenvalue weighted by Gasteiger charge is -2.35. The van der Waals surface area contributed by atoms with E-state index < -0.39 is 5.41 Å². The molecule has 1 fully saturated rings. The van der Waals surface area contributed by atoms with Crippen LogP contribution in [-0.2, 0) is 10.2 Å². The molecule has 0 saturated heterocycles. The van der Waals surface area contributed by atoms with Crippen molar-refractivity contribution in [3.05, 3.63) is 17.8 Å². The predicted molar refractivity (Wildman–Crippen MR) is 58.9 cm³/mol. The third kappa shape index (κ3) is 1.62. The van der Waals surface area contributed by atoms with Gasteiger partial charge in [0, 0.05) is 19.0 Å². The summed E-state index contributed by atoms with van der Waals surface area (Å²) in [5.74, 6) is 0.948. The maximum absolute atomic E-state index is 11.2. The van der Waals surface area contributed by atoms with Crippen molar-refractivity contribution in [1.29, 1.82) is 5.26 Å². The fraction of sp³-hybridized carbons (Fsp3) is 0.417. The second-order valence-electron chi connectivity index (χ2n) is 3.98. The van der Waals surface area contributed by atoms with Gasteiger partial charge in [0.05, 0.1) is 25.9 Å². The van der Waals surface area contributed by atoms with E-state index >= 15 is 0 Å². The monoisotopic (exact) mass is 232 g/mol. The van der Waals surface area contributed by atoms with E-state index in [1.165, 1.54) is 14.2 Å². The summed E-state index contributed by atoms with van der Waals surface area (Å²) in [6, 6.07) is 3.86. The molecular weight excluding hydrogens is 220 g/mol. The van der Waals surface area contributed by atoms with E-state index in [4.69, 9.17) is 9.47 Å². The van der Waals surface area contributed by atoms with Gasteiger partial charge in [-0.25, -0.2) is 4.98 Å². The normalized spacial score (nSPS) is 16.9. The minimum atomic E-state index is -0.845. The quantitative estimate of drug-likeness (QED) is 0.783. The van der Waals surface area contributed by atoms with Crippen LogP contribution < -0.4 is 9.47 Å². The molecule has 17 heavy (non-hydrogen) atoms. The zero-order chi connectivity index (χ0) is 12.5. The van der Waals surface area contributed by atoms with Gasteiger partial charge in [0.25, 0.3) is 0 Å². The van der Waals surface area contributed by atoms with Crippen LogP contribution in [0.15, 0.2) is 12.3 Å². The SMILES string of the molecule is COc1ccnc(OC)c1C1(C#N)CC(=O)C1. The van der Waals surface area contributed by atoms with E-state index in [1.807, 2.05) is 0 Å². The van der Waals surface area contributed by atoms with Crippen LogP contribution in [0.25, 0.3) is 0 Å². The molecule has 1 saturated carbocycles. The minimum absolute atomic E-state index is 0.0690. The van der Waals surface area contributed by atoms with Crippen LogP contribution in [0, 0.1) is 11.3 Å². The number of hydrogen-bond donors (Lipinski definition) is 0. The molecule has 5 nitrogen and oxygen atoms in total. The molecule has 5 heteroatoms. The van der Waals surface area contributed by atoms with E-state index in [9.17, 15) is 10.1 Å². The molecular formula is C12H12N2O3. The summed E-state index contributed by atoms with van der Waals surface area (Å²) in [5, 5.41) is 9.31. The fourth-order valence-electron chi connectivity index (χ4n) is 2.12. The molecule has 0 bridgehead atoms. The van der Waals surface area contributed by atoms with Crippen LogP contribution in [0.3, 0.4) is 0 Å². The number of nitriles is 1. The number of carbonyl (C=O) groups excluding carboxylic acids is 1. The molecule has 1 aliphatic rings. The number of nitrogens with zero attached hydrogens (tertiary/aromatic N) is 2. The Bertz CT molecular complexity index is 475. The van der Waals surface area contributed by atoms with Gasteiger partial charge in [-0.05, 0) is 6.07 Å². The smallest absolute Gasteiger partial charge is 0.221 e. The number of carbonyl (C=O) groups is 1. The van der Waals surface area contributed by atoms with Crippen molar-refractivity contribution in [3.63, 3.8) is 0 Å². The highest BCUT2D eigenvalue weighted by atomic mass is 16.5. The summed E-state index contributed by atoms with van der Waals surface area (Å²) in [7, 11) is 3.00. The van der Waals surface area contributed by atoms with Gasteiger partial charge in [0.1, 0.15) is 16.9 Å². The first-order chi connectivity index (χ1) is 8.16. The topological polar surface area (TPSA) is 72.2 Å². The average molecular weight is 232 g/mol. The van der Waals surface area contributed by atoms with Crippen molar-refractivity contribution < 1.29 is 14.3 Å². The van der Waals surface area contributed by atoms with Crippen LogP contribution in [0.1, 0.15) is 18.4 Å². The highest BCUT2D eigenvalue weighted by Gasteiger charge is 2.49. The van der Waals surface area contributed by atoms with Gasteiger partial charge in [-0.2, -0.15) is 5.26 Å². The molecule has 0 atom stereocenters. The highest BCUT2D eigenvalue weighted by molar-refractivity contribution is 5.90. The van der Waals surface area contributed by atoms with E-state index in [0.29, 0.717) is 17.2 Å². The van der Waals surface area contributed by atoms with E-state index in [0.717, 1.165) is 0 Å². The van der Waals surface area contributed by atoms with Crippen molar-refractivity contribution >= 4 is 5.78 Å². The van der Waals surface area contributed by atoms with Crippen LogP contribution in [-0.4, -0.2) is 25.0 Å². The van der Waals surface area contributed by atoms with E-state index in [2.05, 4.69) is 11.1 Å². The first-order valence-corrected chi connectivity index (χ1v) is 5.17. The summed E-state index contributed by atoms with van der Waals surface area (Å²) >= 11 is 0. The maximum atomic E-state index is 11.2. The first kappa shape index (κ1) is 11.4. The zero-order valence-corrected chi connectivity index (χ0v) is 9.69. The summed E-state index contributed by atoms with van der Waals surface area (Å²) < 4.78 is 10.4. The molecule has 0 spiro atoms. The number of hydrogen-bond acceptors (Lipinski definition) is 5. The van der Waals surface area contributed by atoms with Crippen molar-refractivity contribution in [2.75, 3.05) is 14.2 Å². The molecule has 0 N–H and O–H groups in total. The number of ketones is 1. The molecule has 88 valence electrons. The van der Waals surface area contributed by atoms with Gasteiger partial charge < -0.3 is 9.47 Å². The summed E-state index contributed by atoms with van der Waals surface area (Å²) in [6.07, 6.45) is 1.94. The number of rotatable bonds is 3. The fourth-order valence-corrected chi connectivity index (χ4v) is 2.12. The Balaban J connectivity index is 2.57. The Morgan fingerprint density at radius 3 is 2.59 bits per heavy atom. The van der Waals surface area contributed by atoms with Gasteiger partial charge in [-0.3, -0.25) is 4.79 Å². The highest BCUT2D eigenvalue weighted by Crippen LogP contribution is 2.47. The summed E-state index contributed by atoms with van der Waals surface area (Å²) in [4.78, 5) is 15.3. The number of ether oxygens (including phenoxy) is 2. The maximum Gasteiger partial charge on any atom is 0.221 e. The molecule has 0 aromatic carbocycles. The molecule has 0 unspecified atom stereocenters. The Morgan fingerprint density at radius 2 is 2.12 bits per heavy atom. The Morgan fingerprint density at radius 1 is 1.41 bits per heavy atom. The minimum Gasteiger partial charge on any atom is -0.496 e. The van der Waals surface area contributed by atoms with Crippen LogP contribution in [0.5, 0.6) is 11.6 Å². The van der Waals surface area contributed by atoms with Gasteiger partial charge in [0.2, 0.25) is 5.88 Å². The molecule has 1 heterocycles. The second kappa shape index (κ2) is 4.06. The van der Waals surface area contributed by atoms with Crippen molar-refractivity contribution in [3.8, 4) is 17.7 Å². The summed E-state index contributed by atoms with van der Waals surface area (Å²) in [5.41, 5.74) is -0.269. The third-order valence-electron chi connectivity index (χ3n) is 2.98. The third-order valence-corrected chi connectivity index (χ3v) is 2.98. The molecule has 0 radical (unpaired) electrons. The number of Topliss-reactive ketones (excluding diaryl/α,β-unsaturated/α-hetero) is 1. The van der Waals surface area contributed by atoms with E-state index in [1.54, 1.807) is 12.3 Å². The molecule has 1 aromatic rings. The predicted octanol–water partition coefficient (Wildman–Crippen LogP) is 1.22. The van der Waals surface area contributed by atoms with Gasteiger partial charge >= 0.3 is 0 Å². The van der Waals surface area contributed by atoms with Crippen LogP contribution in [0.4, 0.5) is 0 Å². The number of aromatic nitrogens is 1. The standard InChI is InChI=1S/C12H12N2O3/c1-16-9-3-4-14-11(17-2)10(9)12(7-13)5-8(15)6-12/h3-4H,5-6H2,1-2H3. The van der Waals surface area contributed by atoms with Crippen molar-refractivity contribution in [1.82, 2.24) is 4.98 Å². The number of methoxy groups -OCH3 is 2. The Hall–Kier alpha value is -2.09. The van der Waals surface area contributed by atoms with Crippen LogP contribution >= 0.6 is 0 Å². The second-order valence-corrected chi connectivity index (χ2v) is 3.98. The molecule has 1 aromatic heterocycles. The van der Waals surface area contributed by atoms with Crippen molar-refractivity contribution in [2.24, 2.45) is 0 Å².